The molecular weight excluding hydrogens is 228 g/mol. The molecule has 1 heterocycles. The second-order valence-electron chi connectivity index (χ2n) is 3.81. The van der Waals surface area contributed by atoms with Crippen molar-refractivity contribution in [1.82, 2.24) is 9.97 Å². The normalized spacial score (nSPS) is 10.3. The molecule has 0 spiro atoms. The first kappa shape index (κ1) is 12.5. The Hall–Kier alpha value is -1.98. The molecule has 0 aliphatic carbocycles. The molecule has 3 N–H and O–H groups in total. The van der Waals surface area contributed by atoms with Gasteiger partial charge in [-0.05, 0) is 0 Å². The van der Waals surface area contributed by atoms with Crippen LogP contribution < -0.4 is 11.3 Å². The fourth-order valence-corrected chi connectivity index (χ4v) is 1.63. The molecule has 1 aromatic heterocycles. The van der Waals surface area contributed by atoms with Crippen molar-refractivity contribution in [2.45, 2.75) is 6.42 Å². The summed E-state index contributed by atoms with van der Waals surface area (Å²) in [5.41, 5.74) is 4.45. The summed E-state index contributed by atoms with van der Waals surface area (Å²) in [4.78, 5) is 8.79. The van der Waals surface area contributed by atoms with E-state index < -0.39 is 0 Å². The Morgan fingerprint density at radius 3 is 2.67 bits per heavy atom. The van der Waals surface area contributed by atoms with Gasteiger partial charge in [-0.2, -0.15) is 0 Å². The molecule has 0 amide bonds. The van der Waals surface area contributed by atoms with E-state index in [1.54, 1.807) is 7.11 Å². The number of anilines is 1. The first-order valence-corrected chi connectivity index (χ1v) is 5.72. The Morgan fingerprint density at radius 1 is 1.22 bits per heavy atom. The third kappa shape index (κ3) is 3.03. The molecular formula is C13H16N4O. The van der Waals surface area contributed by atoms with Crippen molar-refractivity contribution in [3.8, 4) is 11.3 Å². The maximum absolute atomic E-state index is 5.42. The summed E-state index contributed by atoms with van der Waals surface area (Å²) in [6.45, 7) is 0.586. The summed E-state index contributed by atoms with van der Waals surface area (Å²) in [6, 6.07) is 11.7. The van der Waals surface area contributed by atoms with Crippen molar-refractivity contribution in [2.75, 3.05) is 19.1 Å². The van der Waals surface area contributed by atoms with Crippen molar-refractivity contribution in [2.24, 2.45) is 5.84 Å². The van der Waals surface area contributed by atoms with Gasteiger partial charge >= 0.3 is 0 Å². The van der Waals surface area contributed by atoms with Gasteiger partial charge in [-0.15, -0.1) is 0 Å². The lowest BCUT2D eigenvalue weighted by molar-refractivity contribution is 0.200. The molecule has 0 aliphatic heterocycles. The standard InChI is InChI=1S/C13H16N4O/c1-18-8-7-12-15-11(9-13(16-12)17-14)10-5-3-2-4-6-10/h2-6,9H,7-8,14H2,1H3,(H,15,16,17). The van der Waals surface area contributed by atoms with Crippen molar-refractivity contribution >= 4 is 5.82 Å². The minimum atomic E-state index is 0.586. The lowest BCUT2D eigenvalue weighted by Crippen LogP contribution is -2.11. The van der Waals surface area contributed by atoms with Crippen LogP contribution in [0.4, 0.5) is 5.82 Å². The molecule has 1 aromatic carbocycles. The number of nitrogens with one attached hydrogen (secondary N) is 1. The van der Waals surface area contributed by atoms with E-state index in [4.69, 9.17) is 10.6 Å². The second-order valence-corrected chi connectivity index (χ2v) is 3.81. The molecule has 18 heavy (non-hydrogen) atoms. The predicted octanol–water partition coefficient (Wildman–Crippen LogP) is 1.62. The SMILES string of the molecule is COCCc1nc(NN)cc(-c2ccccc2)n1. The van der Waals surface area contributed by atoms with Gasteiger partial charge in [0.1, 0.15) is 11.6 Å². The molecule has 0 atom stereocenters. The van der Waals surface area contributed by atoms with Gasteiger partial charge in [-0.3, -0.25) is 0 Å². The molecule has 2 rings (SSSR count). The Kier molecular flexibility index (Phi) is 4.22. The number of ether oxygens (including phenoxy) is 1. The van der Waals surface area contributed by atoms with Gasteiger partial charge in [-0.1, -0.05) is 30.3 Å². The molecule has 0 saturated carbocycles. The number of rotatable bonds is 5. The van der Waals surface area contributed by atoms with Crippen LogP contribution in [-0.2, 0) is 11.2 Å². The van der Waals surface area contributed by atoms with Crippen molar-refractivity contribution < 1.29 is 4.74 Å². The van der Waals surface area contributed by atoms with Crippen LogP contribution in [-0.4, -0.2) is 23.7 Å². The minimum absolute atomic E-state index is 0.586. The Labute approximate surface area is 106 Å². The Bertz CT molecular complexity index is 502. The van der Waals surface area contributed by atoms with E-state index in [0.717, 1.165) is 11.3 Å². The fourth-order valence-electron chi connectivity index (χ4n) is 1.63. The highest BCUT2D eigenvalue weighted by Crippen LogP contribution is 2.19. The summed E-state index contributed by atoms with van der Waals surface area (Å²) in [7, 11) is 1.66. The highest BCUT2D eigenvalue weighted by atomic mass is 16.5. The van der Waals surface area contributed by atoms with E-state index in [2.05, 4.69) is 15.4 Å². The number of benzene rings is 1. The molecule has 94 valence electrons. The highest BCUT2D eigenvalue weighted by molar-refractivity contribution is 5.62. The summed E-state index contributed by atoms with van der Waals surface area (Å²) in [6.07, 6.45) is 0.659. The highest BCUT2D eigenvalue weighted by Gasteiger charge is 2.05. The number of nitrogen functional groups attached to an aromatic ring is 1. The van der Waals surface area contributed by atoms with Gasteiger partial charge in [0.15, 0.2) is 0 Å². The second kappa shape index (κ2) is 6.09. The zero-order valence-corrected chi connectivity index (χ0v) is 10.3. The van der Waals surface area contributed by atoms with Crippen LogP contribution in [0.15, 0.2) is 36.4 Å². The quantitative estimate of drug-likeness (QED) is 0.617. The molecule has 5 heteroatoms. The maximum atomic E-state index is 5.42. The molecule has 0 unspecified atom stereocenters. The number of hydrazine groups is 1. The van der Waals surface area contributed by atoms with Crippen LogP contribution in [0.25, 0.3) is 11.3 Å². The zero-order valence-electron chi connectivity index (χ0n) is 10.3. The smallest absolute Gasteiger partial charge is 0.144 e. The number of nitrogens with zero attached hydrogens (tertiary/aromatic N) is 2. The van der Waals surface area contributed by atoms with Gasteiger partial charge in [0.05, 0.1) is 12.3 Å². The molecule has 0 fully saturated rings. The van der Waals surface area contributed by atoms with Crippen LogP contribution in [0.2, 0.25) is 0 Å². The molecule has 5 nitrogen and oxygen atoms in total. The number of hydrogen-bond acceptors (Lipinski definition) is 5. The van der Waals surface area contributed by atoms with Crippen molar-refractivity contribution in [3.63, 3.8) is 0 Å². The molecule has 0 aliphatic rings. The van der Waals surface area contributed by atoms with Gasteiger partial charge in [0, 0.05) is 25.2 Å². The lowest BCUT2D eigenvalue weighted by atomic mass is 10.1. The Morgan fingerprint density at radius 2 is 2.00 bits per heavy atom. The summed E-state index contributed by atoms with van der Waals surface area (Å²) in [5.74, 6) is 6.74. The van der Waals surface area contributed by atoms with Gasteiger partial charge in [-0.25, -0.2) is 15.8 Å². The largest absolute Gasteiger partial charge is 0.384 e. The molecule has 0 radical (unpaired) electrons. The molecule has 0 bridgehead atoms. The van der Waals surface area contributed by atoms with Crippen LogP contribution in [0, 0.1) is 0 Å². The first-order chi connectivity index (χ1) is 8.83. The van der Waals surface area contributed by atoms with E-state index in [-0.39, 0.29) is 0 Å². The van der Waals surface area contributed by atoms with Gasteiger partial charge in [0.25, 0.3) is 0 Å². The van der Waals surface area contributed by atoms with Crippen molar-refractivity contribution in [1.29, 1.82) is 0 Å². The number of methoxy groups -OCH3 is 1. The minimum Gasteiger partial charge on any atom is -0.384 e. The average Bonchev–Trinajstić information content (AvgIpc) is 2.45. The number of hydrogen-bond donors (Lipinski definition) is 2. The van der Waals surface area contributed by atoms with Crippen LogP contribution >= 0.6 is 0 Å². The van der Waals surface area contributed by atoms with E-state index in [1.807, 2.05) is 36.4 Å². The van der Waals surface area contributed by atoms with Crippen LogP contribution in [0.3, 0.4) is 0 Å². The van der Waals surface area contributed by atoms with E-state index >= 15 is 0 Å². The van der Waals surface area contributed by atoms with E-state index in [0.29, 0.717) is 24.7 Å². The monoisotopic (exact) mass is 244 g/mol. The summed E-state index contributed by atoms with van der Waals surface area (Å²) < 4.78 is 5.03. The maximum Gasteiger partial charge on any atom is 0.144 e. The van der Waals surface area contributed by atoms with Crippen molar-refractivity contribution in [3.05, 3.63) is 42.2 Å². The summed E-state index contributed by atoms with van der Waals surface area (Å²) >= 11 is 0. The van der Waals surface area contributed by atoms with Crippen LogP contribution in [0.1, 0.15) is 5.82 Å². The van der Waals surface area contributed by atoms with Gasteiger partial charge < -0.3 is 10.2 Å². The van der Waals surface area contributed by atoms with Crippen LogP contribution in [0.5, 0.6) is 0 Å². The third-order valence-electron chi connectivity index (χ3n) is 2.52. The van der Waals surface area contributed by atoms with E-state index in [9.17, 15) is 0 Å². The zero-order chi connectivity index (χ0) is 12.8. The predicted molar refractivity (Wildman–Crippen MR) is 70.9 cm³/mol. The molecule has 2 aromatic rings. The Balaban J connectivity index is 2.35. The summed E-state index contributed by atoms with van der Waals surface area (Å²) in [5, 5.41) is 0. The average molecular weight is 244 g/mol. The van der Waals surface area contributed by atoms with E-state index in [1.165, 1.54) is 0 Å². The third-order valence-corrected chi connectivity index (χ3v) is 2.52. The lowest BCUT2D eigenvalue weighted by Gasteiger charge is -2.07. The molecule has 0 saturated heterocycles. The number of nitrogens with two attached hydrogens (primary N) is 1. The van der Waals surface area contributed by atoms with Gasteiger partial charge in [0.2, 0.25) is 0 Å². The number of aromatic nitrogens is 2. The fraction of sp³-hybridized carbons (Fsp3) is 0.231. The topological polar surface area (TPSA) is 73.1 Å². The first-order valence-electron chi connectivity index (χ1n) is 5.72.